The van der Waals surface area contributed by atoms with Crippen molar-refractivity contribution in [1.29, 1.82) is 0 Å². The Kier molecular flexibility index (Phi) is 6.47. The van der Waals surface area contributed by atoms with E-state index >= 15 is 0 Å². The van der Waals surface area contributed by atoms with Crippen LogP contribution in [0.15, 0.2) is 53.5 Å². The molecule has 1 aliphatic rings. The van der Waals surface area contributed by atoms with Gasteiger partial charge >= 0.3 is 0 Å². The van der Waals surface area contributed by atoms with Gasteiger partial charge < -0.3 is 19.5 Å². The Balaban J connectivity index is 1.43. The monoisotopic (exact) mass is 383 g/mol. The largest absolute Gasteiger partial charge is 0.497 e. The molecule has 1 fully saturated rings. The predicted molar refractivity (Wildman–Crippen MR) is 105 cm³/mol. The molecule has 148 valence electrons. The first-order chi connectivity index (χ1) is 13.5. The lowest BCUT2D eigenvalue weighted by atomic mass is 10.1. The van der Waals surface area contributed by atoms with Crippen molar-refractivity contribution in [1.82, 2.24) is 14.8 Å². The van der Waals surface area contributed by atoms with E-state index in [1.807, 2.05) is 24.3 Å². The Hall–Kier alpha value is -3.09. The summed E-state index contributed by atoms with van der Waals surface area (Å²) in [6.45, 7) is 1.47. The Bertz CT molecular complexity index is 876. The number of hydrogen-bond acceptors (Lipinski definition) is 4. The van der Waals surface area contributed by atoms with Crippen molar-refractivity contribution in [3.05, 3.63) is 64.6 Å². The molecule has 0 aliphatic carbocycles. The Morgan fingerprint density at radius 1 is 1.14 bits per heavy atom. The van der Waals surface area contributed by atoms with Gasteiger partial charge in [-0.15, -0.1) is 0 Å². The number of carbonyl (C=O) groups excluding carboxylic acids is 2. The summed E-state index contributed by atoms with van der Waals surface area (Å²) in [5.74, 6) is 0.713. The standard InChI is InChI=1S/C21H25N3O4/c1-28-18-7-5-16(6-8-18)9-12-24-15-17(14-21(24)27)22-19(25)10-13-23-11-3-2-4-20(23)26/h2-8,11,17H,9-10,12-15H2,1H3,(H,22,25)/t17-/m1/s1. The van der Waals surface area contributed by atoms with Crippen molar-refractivity contribution in [3.8, 4) is 5.75 Å². The third kappa shape index (κ3) is 5.22. The van der Waals surface area contributed by atoms with Crippen LogP contribution in [0.4, 0.5) is 0 Å². The topological polar surface area (TPSA) is 80.6 Å². The molecule has 1 atom stereocenters. The molecule has 1 aromatic carbocycles. The molecule has 0 saturated carbocycles. The SMILES string of the molecule is COc1ccc(CCN2C[C@H](NC(=O)CCn3ccccc3=O)CC2=O)cc1. The zero-order valence-electron chi connectivity index (χ0n) is 16.0. The molecule has 0 radical (unpaired) electrons. The summed E-state index contributed by atoms with van der Waals surface area (Å²) in [4.78, 5) is 37.8. The molecule has 0 bridgehead atoms. The minimum absolute atomic E-state index is 0.0538. The average molecular weight is 383 g/mol. The number of amides is 2. The number of ether oxygens (including phenoxy) is 1. The number of aryl methyl sites for hydroxylation is 1. The van der Waals surface area contributed by atoms with Crippen molar-refractivity contribution in [2.45, 2.75) is 31.8 Å². The molecule has 1 aromatic heterocycles. The number of nitrogens with one attached hydrogen (secondary N) is 1. The van der Waals surface area contributed by atoms with Crippen LogP contribution >= 0.6 is 0 Å². The number of likely N-dealkylation sites (tertiary alicyclic amines) is 1. The molecule has 3 rings (SSSR count). The summed E-state index contributed by atoms with van der Waals surface area (Å²) in [7, 11) is 1.63. The van der Waals surface area contributed by atoms with Gasteiger partial charge in [-0.05, 0) is 30.2 Å². The molecule has 1 N–H and O–H groups in total. The van der Waals surface area contributed by atoms with Gasteiger partial charge in [0.1, 0.15) is 5.75 Å². The Morgan fingerprint density at radius 2 is 1.93 bits per heavy atom. The summed E-state index contributed by atoms with van der Waals surface area (Å²) in [5, 5.41) is 2.91. The molecule has 2 amide bonds. The highest BCUT2D eigenvalue weighted by molar-refractivity contribution is 5.82. The molecule has 0 unspecified atom stereocenters. The minimum Gasteiger partial charge on any atom is -0.497 e. The van der Waals surface area contributed by atoms with Crippen LogP contribution in [0.1, 0.15) is 18.4 Å². The van der Waals surface area contributed by atoms with E-state index < -0.39 is 0 Å². The highest BCUT2D eigenvalue weighted by Gasteiger charge is 2.30. The molecule has 7 heteroatoms. The van der Waals surface area contributed by atoms with E-state index in [1.54, 1.807) is 30.3 Å². The van der Waals surface area contributed by atoms with E-state index in [4.69, 9.17) is 4.74 Å². The lowest BCUT2D eigenvalue weighted by molar-refractivity contribution is -0.127. The number of hydrogen-bond donors (Lipinski definition) is 1. The minimum atomic E-state index is -0.177. The van der Waals surface area contributed by atoms with Gasteiger partial charge in [-0.3, -0.25) is 14.4 Å². The van der Waals surface area contributed by atoms with Crippen molar-refractivity contribution < 1.29 is 14.3 Å². The normalized spacial score (nSPS) is 16.2. The summed E-state index contributed by atoms with van der Waals surface area (Å²) >= 11 is 0. The summed E-state index contributed by atoms with van der Waals surface area (Å²) in [6, 6.07) is 12.5. The zero-order valence-corrected chi connectivity index (χ0v) is 16.0. The van der Waals surface area contributed by atoms with Gasteiger partial charge in [0.25, 0.3) is 5.56 Å². The van der Waals surface area contributed by atoms with Crippen LogP contribution in [0.5, 0.6) is 5.75 Å². The number of benzene rings is 1. The van der Waals surface area contributed by atoms with Crippen LogP contribution in [0, 0.1) is 0 Å². The lowest BCUT2D eigenvalue weighted by Crippen LogP contribution is -2.38. The molecular weight excluding hydrogens is 358 g/mol. The Morgan fingerprint density at radius 3 is 2.64 bits per heavy atom. The van der Waals surface area contributed by atoms with Gasteiger partial charge in [0.2, 0.25) is 11.8 Å². The summed E-state index contributed by atoms with van der Waals surface area (Å²) in [6.07, 6.45) is 2.95. The first-order valence-corrected chi connectivity index (χ1v) is 9.40. The maximum Gasteiger partial charge on any atom is 0.250 e. The van der Waals surface area contributed by atoms with E-state index in [0.717, 1.165) is 17.7 Å². The second-order valence-corrected chi connectivity index (χ2v) is 6.89. The molecule has 28 heavy (non-hydrogen) atoms. The number of methoxy groups -OCH3 is 1. The second kappa shape index (κ2) is 9.21. The molecule has 1 aliphatic heterocycles. The maximum atomic E-state index is 12.2. The molecular formula is C21H25N3O4. The third-order valence-electron chi connectivity index (χ3n) is 4.89. The van der Waals surface area contributed by atoms with Gasteiger partial charge in [0.15, 0.2) is 0 Å². The van der Waals surface area contributed by atoms with Crippen molar-refractivity contribution >= 4 is 11.8 Å². The van der Waals surface area contributed by atoms with Crippen molar-refractivity contribution in [2.24, 2.45) is 0 Å². The molecule has 2 aromatic rings. The summed E-state index contributed by atoms with van der Waals surface area (Å²) in [5.41, 5.74) is 1.01. The average Bonchev–Trinajstić information content (AvgIpc) is 3.05. The van der Waals surface area contributed by atoms with Crippen LogP contribution in [-0.4, -0.2) is 47.5 Å². The fourth-order valence-electron chi connectivity index (χ4n) is 3.31. The van der Waals surface area contributed by atoms with E-state index in [9.17, 15) is 14.4 Å². The number of pyridine rings is 1. The van der Waals surface area contributed by atoms with Crippen LogP contribution < -0.4 is 15.6 Å². The van der Waals surface area contributed by atoms with E-state index in [0.29, 0.717) is 26.1 Å². The van der Waals surface area contributed by atoms with Crippen LogP contribution in [0.25, 0.3) is 0 Å². The van der Waals surface area contributed by atoms with Crippen molar-refractivity contribution in [2.75, 3.05) is 20.2 Å². The first kappa shape index (κ1) is 19.7. The lowest BCUT2D eigenvalue weighted by Gasteiger charge is -2.17. The highest BCUT2D eigenvalue weighted by Crippen LogP contribution is 2.15. The first-order valence-electron chi connectivity index (χ1n) is 9.40. The fourth-order valence-corrected chi connectivity index (χ4v) is 3.31. The fraction of sp³-hybridized carbons (Fsp3) is 0.381. The Labute approximate surface area is 163 Å². The van der Waals surface area contributed by atoms with Crippen molar-refractivity contribution in [3.63, 3.8) is 0 Å². The smallest absolute Gasteiger partial charge is 0.250 e. The van der Waals surface area contributed by atoms with Gasteiger partial charge in [-0.25, -0.2) is 0 Å². The number of rotatable bonds is 8. The third-order valence-corrected chi connectivity index (χ3v) is 4.89. The summed E-state index contributed by atoms with van der Waals surface area (Å²) < 4.78 is 6.65. The molecule has 7 nitrogen and oxygen atoms in total. The van der Waals surface area contributed by atoms with Crippen LogP contribution in [0.3, 0.4) is 0 Å². The zero-order chi connectivity index (χ0) is 19.9. The predicted octanol–water partition coefficient (Wildman–Crippen LogP) is 1.21. The van der Waals surface area contributed by atoms with Crippen LogP contribution in [0.2, 0.25) is 0 Å². The molecule has 0 spiro atoms. The maximum absolute atomic E-state index is 12.2. The van der Waals surface area contributed by atoms with Gasteiger partial charge in [-0.2, -0.15) is 0 Å². The van der Waals surface area contributed by atoms with E-state index in [1.165, 1.54) is 10.6 Å². The number of nitrogens with zero attached hydrogens (tertiary/aromatic N) is 2. The van der Waals surface area contributed by atoms with E-state index in [-0.39, 0.29) is 29.8 Å². The molecule has 2 heterocycles. The van der Waals surface area contributed by atoms with Gasteiger partial charge in [0.05, 0.1) is 13.2 Å². The highest BCUT2D eigenvalue weighted by atomic mass is 16.5. The molecule has 1 saturated heterocycles. The van der Waals surface area contributed by atoms with Crippen LogP contribution in [-0.2, 0) is 22.6 Å². The number of aromatic nitrogens is 1. The quantitative estimate of drug-likeness (QED) is 0.743. The number of carbonyl (C=O) groups is 2. The second-order valence-electron chi connectivity index (χ2n) is 6.89. The van der Waals surface area contributed by atoms with E-state index in [2.05, 4.69) is 5.32 Å². The van der Waals surface area contributed by atoms with Gasteiger partial charge in [-0.1, -0.05) is 18.2 Å². The van der Waals surface area contributed by atoms with Gasteiger partial charge in [0, 0.05) is 44.7 Å².